The normalized spacial score (nSPS) is 16.8. The van der Waals surface area contributed by atoms with Crippen LogP contribution in [0, 0.1) is 6.92 Å². The molecule has 0 aliphatic carbocycles. The number of hydrogen-bond acceptors (Lipinski definition) is 6. The van der Waals surface area contributed by atoms with E-state index in [9.17, 15) is 4.79 Å². The number of ether oxygens (including phenoxy) is 1. The van der Waals surface area contributed by atoms with Crippen LogP contribution in [0.4, 0.5) is 16.2 Å². The summed E-state index contributed by atoms with van der Waals surface area (Å²) in [7, 11) is 1.89. The summed E-state index contributed by atoms with van der Waals surface area (Å²) in [4.78, 5) is 25.9. The lowest BCUT2D eigenvalue weighted by Crippen LogP contribution is -2.54. The lowest BCUT2D eigenvalue weighted by atomic mass is 10.1. The van der Waals surface area contributed by atoms with Gasteiger partial charge < -0.3 is 19.9 Å². The second kappa shape index (κ2) is 8.41. The van der Waals surface area contributed by atoms with Gasteiger partial charge in [0.2, 0.25) is 5.88 Å². The van der Waals surface area contributed by atoms with E-state index in [0.29, 0.717) is 24.7 Å². The van der Waals surface area contributed by atoms with Crippen LogP contribution in [0.2, 0.25) is 0 Å². The Morgan fingerprint density at radius 3 is 2.77 bits per heavy atom. The number of pyridine rings is 2. The average molecular weight is 424 g/mol. The third-order valence-electron chi connectivity index (χ3n) is 5.50. The average Bonchev–Trinajstić information content (AvgIpc) is 3.11. The van der Waals surface area contributed by atoms with E-state index in [0.717, 1.165) is 29.0 Å². The molecule has 0 saturated carbocycles. The molecule has 1 aliphatic heterocycles. The largest absolute Gasteiger partial charge is 0.475 e. The Balaban J connectivity index is 1.43. The Kier molecular flexibility index (Phi) is 5.67. The van der Waals surface area contributed by atoms with Crippen molar-refractivity contribution < 1.29 is 9.53 Å². The van der Waals surface area contributed by atoms with Gasteiger partial charge in [-0.1, -0.05) is 0 Å². The number of nitrogens with one attached hydrogen (secondary N) is 1. The molecule has 3 aromatic heterocycles. The topological polar surface area (TPSA) is 88.4 Å². The summed E-state index contributed by atoms with van der Waals surface area (Å²) in [5, 5.41) is 8.36. The minimum Gasteiger partial charge on any atom is -0.475 e. The highest BCUT2D eigenvalue weighted by molar-refractivity contribution is 5.91. The molecule has 0 spiro atoms. The van der Waals surface area contributed by atoms with Crippen LogP contribution in [0.15, 0.2) is 30.6 Å². The highest BCUT2D eigenvalue weighted by Gasteiger charge is 2.28. The molecule has 31 heavy (non-hydrogen) atoms. The predicted molar refractivity (Wildman–Crippen MR) is 121 cm³/mol. The number of nitrogens with zero attached hydrogens (tertiary/aromatic N) is 6. The number of amides is 2. The van der Waals surface area contributed by atoms with Crippen LogP contribution in [0.3, 0.4) is 0 Å². The number of carbonyl (C=O) groups excluding carboxylic acids is 1. The zero-order valence-electron chi connectivity index (χ0n) is 18.7. The van der Waals surface area contributed by atoms with E-state index in [1.54, 1.807) is 10.7 Å². The summed E-state index contributed by atoms with van der Waals surface area (Å²) in [6.45, 7) is 9.90. The predicted octanol–water partition coefficient (Wildman–Crippen LogP) is 3.20. The van der Waals surface area contributed by atoms with Gasteiger partial charge in [0.25, 0.3) is 0 Å². The zero-order valence-corrected chi connectivity index (χ0v) is 18.7. The van der Waals surface area contributed by atoms with Gasteiger partial charge in [-0.05, 0) is 39.8 Å². The molecule has 1 N–H and O–H groups in total. The number of aromatic nitrogens is 4. The molecule has 9 heteroatoms. The van der Waals surface area contributed by atoms with Crippen LogP contribution in [0.1, 0.15) is 26.5 Å². The van der Waals surface area contributed by atoms with E-state index >= 15 is 0 Å². The lowest BCUT2D eigenvalue weighted by Gasteiger charge is -2.41. The van der Waals surface area contributed by atoms with Crippen molar-refractivity contribution in [3.63, 3.8) is 0 Å². The van der Waals surface area contributed by atoms with E-state index in [1.165, 1.54) is 0 Å². The first-order valence-electron chi connectivity index (χ1n) is 10.6. The molecule has 3 aromatic rings. The number of urea groups is 1. The summed E-state index contributed by atoms with van der Waals surface area (Å²) in [5.41, 5.74) is 3.39. The summed E-state index contributed by atoms with van der Waals surface area (Å²) >= 11 is 0. The van der Waals surface area contributed by atoms with Crippen molar-refractivity contribution in [2.24, 2.45) is 7.05 Å². The molecular weight excluding hydrogens is 394 g/mol. The van der Waals surface area contributed by atoms with Crippen LogP contribution in [-0.4, -0.2) is 62.5 Å². The third-order valence-corrected chi connectivity index (χ3v) is 5.50. The van der Waals surface area contributed by atoms with Crippen LogP contribution >= 0.6 is 0 Å². The smallest absolute Gasteiger partial charge is 0.322 e. The number of anilines is 2. The van der Waals surface area contributed by atoms with E-state index in [4.69, 9.17) is 4.74 Å². The van der Waals surface area contributed by atoms with Crippen molar-refractivity contribution in [2.45, 2.75) is 39.8 Å². The maximum Gasteiger partial charge on any atom is 0.322 e. The first kappa shape index (κ1) is 20.9. The molecule has 4 rings (SSSR count). The van der Waals surface area contributed by atoms with Crippen molar-refractivity contribution in [3.05, 3.63) is 36.3 Å². The molecule has 1 aliphatic rings. The minimum atomic E-state index is -0.116. The van der Waals surface area contributed by atoms with Crippen molar-refractivity contribution in [2.75, 3.05) is 29.9 Å². The van der Waals surface area contributed by atoms with Crippen molar-refractivity contribution >= 4 is 28.4 Å². The minimum absolute atomic E-state index is 0.0541. The van der Waals surface area contributed by atoms with Crippen molar-refractivity contribution in [1.82, 2.24) is 24.6 Å². The summed E-state index contributed by atoms with van der Waals surface area (Å²) in [6.07, 6.45) is 3.72. The van der Waals surface area contributed by atoms with Crippen LogP contribution < -0.4 is 15.0 Å². The third kappa shape index (κ3) is 4.26. The van der Waals surface area contributed by atoms with E-state index in [1.807, 2.05) is 57.2 Å². The highest BCUT2D eigenvalue weighted by atomic mass is 16.5. The number of carbonyl (C=O) groups is 1. The van der Waals surface area contributed by atoms with E-state index < -0.39 is 0 Å². The van der Waals surface area contributed by atoms with Crippen LogP contribution in [-0.2, 0) is 7.05 Å². The van der Waals surface area contributed by atoms with Crippen molar-refractivity contribution in [1.29, 1.82) is 0 Å². The van der Waals surface area contributed by atoms with Gasteiger partial charge >= 0.3 is 6.03 Å². The monoisotopic (exact) mass is 423 g/mol. The van der Waals surface area contributed by atoms with Gasteiger partial charge in [0.15, 0.2) is 5.65 Å². The number of aryl methyl sites for hydroxylation is 2. The Morgan fingerprint density at radius 1 is 1.26 bits per heavy atom. The van der Waals surface area contributed by atoms with Crippen molar-refractivity contribution in [3.8, 4) is 5.88 Å². The van der Waals surface area contributed by atoms with Crippen LogP contribution in [0.5, 0.6) is 5.88 Å². The number of hydrogen-bond donors (Lipinski definition) is 1. The fourth-order valence-electron chi connectivity index (χ4n) is 3.96. The second-order valence-corrected chi connectivity index (χ2v) is 8.20. The molecular formula is C22H29N7O2. The first-order chi connectivity index (χ1) is 14.8. The maximum atomic E-state index is 12.9. The van der Waals surface area contributed by atoms with Gasteiger partial charge in [0.05, 0.1) is 34.8 Å². The summed E-state index contributed by atoms with van der Waals surface area (Å²) in [6, 6.07) is 5.69. The van der Waals surface area contributed by atoms with Gasteiger partial charge in [-0.3, -0.25) is 4.68 Å². The molecule has 0 bridgehead atoms. The molecule has 0 radical (unpaired) electrons. The maximum absolute atomic E-state index is 12.9. The molecule has 1 atom stereocenters. The Hall–Kier alpha value is -3.36. The van der Waals surface area contributed by atoms with Gasteiger partial charge in [-0.25, -0.2) is 14.8 Å². The van der Waals surface area contributed by atoms with E-state index in [2.05, 4.69) is 32.2 Å². The van der Waals surface area contributed by atoms with E-state index in [-0.39, 0.29) is 18.2 Å². The second-order valence-electron chi connectivity index (χ2n) is 8.20. The Labute approximate surface area is 182 Å². The SMILES string of the molecule is Cc1nc(OC(C)C)ccc1NC(=O)N1CCN(c2ccnc3c2cnn3C)C(C)C1. The van der Waals surface area contributed by atoms with Gasteiger partial charge in [-0.2, -0.15) is 5.10 Å². The zero-order chi connectivity index (χ0) is 22.1. The number of fused-ring (bicyclic) bond motifs is 1. The summed E-state index contributed by atoms with van der Waals surface area (Å²) in [5.74, 6) is 0.562. The molecule has 0 aromatic carbocycles. The summed E-state index contributed by atoms with van der Waals surface area (Å²) < 4.78 is 7.40. The quantitative estimate of drug-likeness (QED) is 0.693. The fraction of sp³-hybridized carbons (Fsp3) is 0.455. The van der Waals surface area contributed by atoms with Gasteiger partial charge in [0.1, 0.15) is 0 Å². The first-order valence-corrected chi connectivity index (χ1v) is 10.6. The molecule has 2 amide bonds. The highest BCUT2D eigenvalue weighted by Crippen LogP contribution is 2.28. The van der Waals surface area contributed by atoms with Gasteiger partial charge in [0, 0.05) is 45.0 Å². The molecule has 1 fully saturated rings. The number of rotatable bonds is 4. The molecule has 4 heterocycles. The fourth-order valence-corrected chi connectivity index (χ4v) is 3.96. The molecule has 164 valence electrons. The number of piperazine rings is 1. The van der Waals surface area contributed by atoms with Crippen LogP contribution in [0.25, 0.3) is 11.0 Å². The molecule has 1 saturated heterocycles. The standard InChI is InChI=1S/C22H29N7O2/c1-14(2)31-20-7-6-18(16(4)25-20)26-22(30)28-10-11-29(15(3)13-28)19-8-9-23-21-17(19)12-24-27(21)5/h6-9,12,14-15H,10-11,13H2,1-5H3,(H,26,30). The molecule has 9 nitrogen and oxygen atoms in total. The Bertz CT molecular complexity index is 1090. The lowest BCUT2D eigenvalue weighted by molar-refractivity contribution is 0.200. The van der Waals surface area contributed by atoms with Gasteiger partial charge in [-0.15, -0.1) is 0 Å². The molecule has 1 unspecified atom stereocenters. The Morgan fingerprint density at radius 2 is 2.06 bits per heavy atom.